The third-order valence-corrected chi connectivity index (χ3v) is 5.56. The van der Waals surface area contributed by atoms with Crippen molar-refractivity contribution in [3.63, 3.8) is 0 Å². The van der Waals surface area contributed by atoms with Crippen molar-refractivity contribution < 1.29 is 28.4 Å². The third kappa shape index (κ3) is 3.79. The van der Waals surface area contributed by atoms with Gasteiger partial charge < -0.3 is 24.6 Å². The molecular formula is C18H24BFN2O5. The molecule has 9 heteroatoms. The van der Waals surface area contributed by atoms with Crippen LogP contribution in [0, 0.1) is 5.82 Å². The van der Waals surface area contributed by atoms with E-state index in [-0.39, 0.29) is 18.2 Å². The Hall–Kier alpha value is -2.13. The van der Waals surface area contributed by atoms with Crippen LogP contribution in [-0.4, -0.2) is 59.5 Å². The van der Waals surface area contributed by atoms with Crippen molar-refractivity contribution in [1.29, 1.82) is 0 Å². The van der Waals surface area contributed by atoms with E-state index in [0.717, 1.165) is 0 Å². The van der Waals surface area contributed by atoms with Gasteiger partial charge in [-0.05, 0) is 51.7 Å². The van der Waals surface area contributed by atoms with Gasteiger partial charge in [0, 0.05) is 19.1 Å². The molecule has 2 heterocycles. The van der Waals surface area contributed by atoms with Gasteiger partial charge in [-0.2, -0.15) is 0 Å². The summed E-state index contributed by atoms with van der Waals surface area (Å²) in [6.07, 6.45) is -0.518. The Morgan fingerprint density at radius 1 is 1.26 bits per heavy atom. The lowest BCUT2D eigenvalue weighted by molar-refractivity contribution is 0.00578. The highest BCUT2D eigenvalue weighted by molar-refractivity contribution is 6.62. The van der Waals surface area contributed by atoms with Crippen molar-refractivity contribution in [2.24, 2.45) is 0 Å². The number of halogens is 1. The monoisotopic (exact) mass is 378 g/mol. The van der Waals surface area contributed by atoms with Gasteiger partial charge in [-0.1, -0.05) is 6.07 Å². The highest BCUT2D eigenvalue weighted by Crippen LogP contribution is 2.36. The molecule has 1 aromatic rings. The van der Waals surface area contributed by atoms with Gasteiger partial charge in [-0.3, -0.25) is 4.79 Å². The Morgan fingerprint density at radius 3 is 2.41 bits per heavy atom. The van der Waals surface area contributed by atoms with Crippen molar-refractivity contribution in [3.05, 3.63) is 29.6 Å². The zero-order valence-electron chi connectivity index (χ0n) is 15.9. The van der Waals surface area contributed by atoms with Crippen LogP contribution in [0.5, 0.6) is 0 Å². The largest absolute Gasteiger partial charge is 0.494 e. The first-order valence-electron chi connectivity index (χ1n) is 8.94. The van der Waals surface area contributed by atoms with Gasteiger partial charge in [0.1, 0.15) is 5.82 Å². The molecule has 2 amide bonds. The molecule has 1 atom stereocenters. The van der Waals surface area contributed by atoms with E-state index in [0.29, 0.717) is 18.4 Å². The van der Waals surface area contributed by atoms with E-state index in [2.05, 4.69) is 5.32 Å². The first kappa shape index (κ1) is 19.6. The number of nitrogens with one attached hydrogen (secondary N) is 1. The maximum absolute atomic E-state index is 14.5. The number of hydrogen-bond acceptors (Lipinski definition) is 4. The molecule has 1 aromatic carbocycles. The van der Waals surface area contributed by atoms with E-state index >= 15 is 0 Å². The average Bonchev–Trinajstić information content (AvgIpc) is 3.09. The molecule has 0 radical (unpaired) electrons. The highest BCUT2D eigenvalue weighted by atomic mass is 19.1. The minimum atomic E-state index is -1.02. The number of amides is 2. The molecule has 0 aromatic heterocycles. The van der Waals surface area contributed by atoms with Gasteiger partial charge in [-0.25, -0.2) is 9.18 Å². The summed E-state index contributed by atoms with van der Waals surface area (Å²) in [7, 11) is -0.708. The molecule has 3 rings (SSSR count). The van der Waals surface area contributed by atoms with Crippen LogP contribution in [0.3, 0.4) is 0 Å². The summed E-state index contributed by atoms with van der Waals surface area (Å²) >= 11 is 0. The Labute approximate surface area is 158 Å². The standard InChI is InChI=1S/C18H24BFN2O5/c1-17(2)18(3,4)27-19(26-17)11-5-6-13(14(20)9-11)15(23)21-12-7-8-22(10-12)16(24)25/h5-6,9,12H,7-8,10H2,1-4H3,(H,21,23)(H,24,25). The van der Waals surface area contributed by atoms with Crippen molar-refractivity contribution in [1.82, 2.24) is 10.2 Å². The summed E-state index contributed by atoms with van der Waals surface area (Å²) in [5.74, 6) is -1.24. The smallest absolute Gasteiger partial charge is 0.465 e. The summed E-state index contributed by atoms with van der Waals surface area (Å²) < 4.78 is 26.3. The molecule has 2 saturated heterocycles. The minimum Gasteiger partial charge on any atom is -0.465 e. The lowest BCUT2D eigenvalue weighted by Gasteiger charge is -2.32. The predicted octanol–water partition coefficient (Wildman–Crippen LogP) is 1.61. The van der Waals surface area contributed by atoms with Crippen LogP contribution in [0.4, 0.5) is 9.18 Å². The second kappa shape index (κ2) is 6.80. The van der Waals surface area contributed by atoms with Gasteiger partial charge in [0.15, 0.2) is 0 Å². The van der Waals surface area contributed by atoms with Gasteiger partial charge in [0.2, 0.25) is 0 Å². The number of carbonyl (C=O) groups excluding carboxylic acids is 1. The van der Waals surface area contributed by atoms with Gasteiger partial charge in [-0.15, -0.1) is 0 Å². The Morgan fingerprint density at radius 2 is 1.89 bits per heavy atom. The molecule has 2 aliphatic heterocycles. The van der Waals surface area contributed by atoms with Gasteiger partial charge in [0.25, 0.3) is 5.91 Å². The molecule has 2 fully saturated rings. The Bertz CT molecular complexity index is 754. The molecule has 0 aliphatic carbocycles. The van der Waals surface area contributed by atoms with E-state index in [1.54, 1.807) is 6.07 Å². The topological polar surface area (TPSA) is 88.1 Å². The molecule has 0 saturated carbocycles. The zero-order chi connectivity index (χ0) is 20.0. The molecule has 7 nitrogen and oxygen atoms in total. The van der Waals surface area contributed by atoms with E-state index in [1.165, 1.54) is 17.0 Å². The number of carboxylic acid groups (broad SMARTS) is 1. The summed E-state index contributed by atoms with van der Waals surface area (Å²) in [5, 5.41) is 11.7. The first-order valence-corrected chi connectivity index (χ1v) is 8.94. The van der Waals surface area contributed by atoms with Crippen molar-refractivity contribution >= 4 is 24.6 Å². The zero-order valence-corrected chi connectivity index (χ0v) is 15.9. The molecule has 0 spiro atoms. The predicted molar refractivity (Wildman–Crippen MR) is 97.6 cm³/mol. The van der Waals surface area contributed by atoms with Crippen LogP contribution in [0.25, 0.3) is 0 Å². The van der Waals surface area contributed by atoms with E-state index < -0.39 is 36.1 Å². The van der Waals surface area contributed by atoms with Crippen molar-refractivity contribution in [2.45, 2.75) is 51.4 Å². The summed E-state index contributed by atoms with van der Waals surface area (Å²) in [4.78, 5) is 24.5. The molecule has 27 heavy (non-hydrogen) atoms. The number of rotatable bonds is 3. The first-order chi connectivity index (χ1) is 12.5. The Balaban J connectivity index is 1.69. The lowest BCUT2D eigenvalue weighted by Crippen LogP contribution is -2.41. The molecule has 2 aliphatic rings. The number of carbonyl (C=O) groups is 2. The molecule has 2 N–H and O–H groups in total. The average molecular weight is 378 g/mol. The second-order valence-corrected chi connectivity index (χ2v) is 8.02. The van der Waals surface area contributed by atoms with Crippen LogP contribution in [0.2, 0.25) is 0 Å². The Kier molecular flexibility index (Phi) is 4.94. The lowest BCUT2D eigenvalue weighted by atomic mass is 9.78. The molecule has 146 valence electrons. The molecular weight excluding hydrogens is 354 g/mol. The SMILES string of the molecule is CC1(C)OB(c2ccc(C(=O)NC3CCN(C(=O)O)C3)c(F)c2)OC1(C)C. The van der Waals surface area contributed by atoms with Gasteiger partial charge >= 0.3 is 13.2 Å². The highest BCUT2D eigenvalue weighted by Gasteiger charge is 2.51. The molecule has 0 bridgehead atoms. The molecule has 1 unspecified atom stereocenters. The van der Waals surface area contributed by atoms with Crippen molar-refractivity contribution in [3.8, 4) is 0 Å². The van der Waals surface area contributed by atoms with E-state index in [4.69, 9.17) is 14.4 Å². The maximum Gasteiger partial charge on any atom is 0.494 e. The third-order valence-electron chi connectivity index (χ3n) is 5.56. The normalized spacial score (nSPS) is 23.5. The number of hydrogen-bond donors (Lipinski definition) is 2. The van der Waals surface area contributed by atoms with Crippen LogP contribution >= 0.6 is 0 Å². The fraction of sp³-hybridized carbons (Fsp3) is 0.556. The van der Waals surface area contributed by atoms with E-state index in [1.807, 2.05) is 27.7 Å². The summed E-state index contributed by atoms with van der Waals surface area (Å²) in [6.45, 7) is 8.19. The second-order valence-electron chi connectivity index (χ2n) is 8.02. The maximum atomic E-state index is 14.5. The van der Waals surface area contributed by atoms with Crippen LogP contribution in [0.15, 0.2) is 18.2 Å². The van der Waals surface area contributed by atoms with Crippen LogP contribution in [-0.2, 0) is 9.31 Å². The van der Waals surface area contributed by atoms with E-state index in [9.17, 15) is 14.0 Å². The number of likely N-dealkylation sites (tertiary alicyclic amines) is 1. The van der Waals surface area contributed by atoms with Gasteiger partial charge in [0.05, 0.1) is 16.8 Å². The summed E-state index contributed by atoms with van der Waals surface area (Å²) in [5.41, 5.74) is -0.671. The summed E-state index contributed by atoms with van der Waals surface area (Å²) in [6, 6.07) is 3.93. The van der Waals surface area contributed by atoms with Crippen LogP contribution in [0.1, 0.15) is 44.5 Å². The van der Waals surface area contributed by atoms with Crippen LogP contribution < -0.4 is 10.8 Å². The number of benzene rings is 1. The fourth-order valence-corrected chi connectivity index (χ4v) is 3.16. The quantitative estimate of drug-likeness (QED) is 0.781. The minimum absolute atomic E-state index is 0.0935. The number of nitrogens with zero attached hydrogens (tertiary/aromatic N) is 1. The fourth-order valence-electron chi connectivity index (χ4n) is 3.16. The van der Waals surface area contributed by atoms with Crippen molar-refractivity contribution in [2.75, 3.05) is 13.1 Å².